The van der Waals surface area contributed by atoms with Crippen LogP contribution in [0.4, 0.5) is 24.8 Å². The topological polar surface area (TPSA) is 79.2 Å². The number of piperidine rings is 1. The molecule has 10 heteroatoms. The van der Waals surface area contributed by atoms with Crippen molar-refractivity contribution in [2.24, 2.45) is 5.92 Å². The van der Waals surface area contributed by atoms with Crippen LogP contribution in [0, 0.1) is 5.92 Å². The molecule has 3 aromatic heterocycles. The molecule has 198 valence electrons. The molecule has 1 aliphatic heterocycles. The lowest BCUT2D eigenvalue weighted by molar-refractivity contribution is -0.137. The van der Waals surface area contributed by atoms with E-state index in [1.807, 2.05) is 28.9 Å². The maximum Gasteiger partial charge on any atom is 0.418 e. The van der Waals surface area contributed by atoms with E-state index >= 15 is 0 Å². The Labute approximate surface area is 218 Å². The first-order valence-electron chi connectivity index (χ1n) is 13.1. The first-order chi connectivity index (χ1) is 18.5. The minimum Gasteiger partial charge on any atom is -0.370 e. The van der Waals surface area contributed by atoms with Gasteiger partial charge in [0.25, 0.3) is 0 Å². The number of benzene rings is 1. The standard InChI is InChI=1S/C28H30F3N7/c29-28(30,31)23-2-1-11-33-26(23)21-5-3-18(4-6-21)16-35-25-14-24(34-15-19-9-12-32-13-10-19)37-27-22(20-7-8-20)17-36-38(25)27/h1-6,11,14,17,19-20,32,35H,7-10,12-13,15-16H2,(H,34,37). The van der Waals surface area contributed by atoms with Crippen LogP contribution >= 0.6 is 0 Å². The van der Waals surface area contributed by atoms with Crippen molar-refractivity contribution >= 4 is 17.3 Å². The number of aromatic nitrogens is 4. The second kappa shape index (κ2) is 10.2. The van der Waals surface area contributed by atoms with Crippen LogP contribution in [-0.4, -0.2) is 39.2 Å². The molecule has 0 spiro atoms. The molecule has 2 fully saturated rings. The smallest absolute Gasteiger partial charge is 0.370 e. The van der Waals surface area contributed by atoms with E-state index in [9.17, 15) is 13.2 Å². The second-order valence-electron chi connectivity index (χ2n) is 10.2. The third kappa shape index (κ3) is 5.31. The summed E-state index contributed by atoms with van der Waals surface area (Å²) in [5, 5.41) is 15.0. The molecule has 3 N–H and O–H groups in total. The van der Waals surface area contributed by atoms with Crippen LogP contribution in [-0.2, 0) is 12.7 Å². The molecule has 0 unspecified atom stereocenters. The van der Waals surface area contributed by atoms with Crippen molar-refractivity contribution < 1.29 is 13.2 Å². The molecule has 0 bridgehead atoms. The van der Waals surface area contributed by atoms with Gasteiger partial charge >= 0.3 is 6.18 Å². The van der Waals surface area contributed by atoms with Gasteiger partial charge in [0.05, 0.1) is 17.5 Å². The molecular formula is C28H30F3N7. The summed E-state index contributed by atoms with van der Waals surface area (Å²) in [5.41, 5.74) is 2.61. The summed E-state index contributed by atoms with van der Waals surface area (Å²) < 4.78 is 42.1. The molecule has 7 nitrogen and oxygen atoms in total. The molecule has 0 amide bonds. The Bertz CT molecular complexity index is 1400. The van der Waals surface area contributed by atoms with Gasteiger partial charge < -0.3 is 16.0 Å². The average molecular weight is 522 g/mol. The lowest BCUT2D eigenvalue weighted by Gasteiger charge is -2.23. The Morgan fingerprint density at radius 3 is 2.53 bits per heavy atom. The van der Waals surface area contributed by atoms with Crippen molar-refractivity contribution in [3.63, 3.8) is 0 Å². The molecule has 38 heavy (non-hydrogen) atoms. The van der Waals surface area contributed by atoms with Crippen molar-refractivity contribution in [3.05, 3.63) is 71.5 Å². The SMILES string of the molecule is FC(F)(F)c1cccnc1-c1ccc(CNc2cc(NCC3CCNCC3)nc3c(C4CC4)cnn23)cc1. The number of fused-ring (bicyclic) bond motifs is 1. The quantitative estimate of drug-likeness (QED) is 0.276. The molecular weight excluding hydrogens is 491 g/mol. The van der Waals surface area contributed by atoms with Crippen molar-refractivity contribution in [1.29, 1.82) is 0 Å². The summed E-state index contributed by atoms with van der Waals surface area (Å²) in [6.45, 7) is 3.47. The predicted molar refractivity (Wildman–Crippen MR) is 141 cm³/mol. The number of pyridine rings is 1. The zero-order chi connectivity index (χ0) is 26.1. The lowest BCUT2D eigenvalue weighted by atomic mass is 9.98. The number of anilines is 2. The number of nitrogens with zero attached hydrogens (tertiary/aromatic N) is 4. The molecule has 4 aromatic rings. The summed E-state index contributed by atoms with van der Waals surface area (Å²) in [6.07, 6.45) is 3.47. The Hall–Kier alpha value is -3.66. The third-order valence-corrected chi connectivity index (χ3v) is 7.36. The zero-order valence-electron chi connectivity index (χ0n) is 20.9. The lowest BCUT2D eigenvalue weighted by Crippen LogP contribution is -2.31. The van der Waals surface area contributed by atoms with Gasteiger partial charge in [0.2, 0.25) is 0 Å². The monoisotopic (exact) mass is 521 g/mol. The van der Waals surface area contributed by atoms with Crippen LogP contribution in [0.3, 0.4) is 0 Å². The van der Waals surface area contributed by atoms with Gasteiger partial charge in [-0.2, -0.15) is 22.8 Å². The van der Waals surface area contributed by atoms with Crippen LogP contribution < -0.4 is 16.0 Å². The van der Waals surface area contributed by atoms with Crippen LogP contribution in [0.1, 0.15) is 48.3 Å². The Morgan fingerprint density at radius 1 is 1.00 bits per heavy atom. The molecule has 0 atom stereocenters. The van der Waals surface area contributed by atoms with E-state index in [4.69, 9.17) is 4.98 Å². The van der Waals surface area contributed by atoms with E-state index in [-0.39, 0.29) is 5.69 Å². The highest BCUT2D eigenvalue weighted by Crippen LogP contribution is 2.42. The fraction of sp³-hybridized carbons (Fsp3) is 0.393. The van der Waals surface area contributed by atoms with Crippen molar-refractivity contribution in [3.8, 4) is 11.3 Å². The van der Waals surface area contributed by atoms with Gasteiger partial charge in [0.1, 0.15) is 11.6 Å². The van der Waals surface area contributed by atoms with E-state index in [0.717, 1.165) is 74.2 Å². The number of hydrogen-bond acceptors (Lipinski definition) is 6. The summed E-state index contributed by atoms with van der Waals surface area (Å²) in [5.74, 6) is 2.79. The molecule has 2 aliphatic rings. The highest BCUT2D eigenvalue weighted by Gasteiger charge is 2.34. The summed E-state index contributed by atoms with van der Waals surface area (Å²) in [7, 11) is 0. The normalized spacial score (nSPS) is 16.6. The van der Waals surface area contributed by atoms with Gasteiger partial charge in [-0.15, -0.1) is 0 Å². The summed E-state index contributed by atoms with van der Waals surface area (Å²) in [6, 6.07) is 11.4. The first kappa shape index (κ1) is 24.7. The van der Waals surface area contributed by atoms with Gasteiger partial charge in [-0.05, 0) is 68.3 Å². The van der Waals surface area contributed by atoms with Gasteiger partial charge in [-0.25, -0.2) is 4.98 Å². The van der Waals surface area contributed by atoms with Gasteiger partial charge in [0.15, 0.2) is 5.65 Å². The fourth-order valence-corrected chi connectivity index (χ4v) is 5.05. The second-order valence-corrected chi connectivity index (χ2v) is 10.2. The number of alkyl halides is 3. The molecule has 1 saturated heterocycles. The summed E-state index contributed by atoms with van der Waals surface area (Å²) in [4.78, 5) is 8.90. The van der Waals surface area contributed by atoms with Crippen LogP contribution in [0.5, 0.6) is 0 Å². The van der Waals surface area contributed by atoms with Crippen molar-refractivity contribution in [2.45, 2.75) is 44.3 Å². The number of nitrogens with one attached hydrogen (secondary N) is 3. The Kier molecular flexibility index (Phi) is 6.65. The fourth-order valence-electron chi connectivity index (χ4n) is 5.05. The molecule has 1 aliphatic carbocycles. The maximum atomic E-state index is 13.4. The van der Waals surface area contributed by atoms with Gasteiger partial charge in [-0.1, -0.05) is 24.3 Å². The molecule has 1 aromatic carbocycles. The Balaban J connectivity index is 1.21. The molecule has 4 heterocycles. The van der Waals surface area contributed by atoms with E-state index in [1.165, 1.54) is 17.8 Å². The highest BCUT2D eigenvalue weighted by atomic mass is 19.4. The highest BCUT2D eigenvalue weighted by molar-refractivity contribution is 5.64. The van der Waals surface area contributed by atoms with E-state index in [0.29, 0.717) is 23.9 Å². The van der Waals surface area contributed by atoms with Crippen LogP contribution in [0.25, 0.3) is 16.9 Å². The van der Waals surface area contributed by atoms with E-state index in [1.54, 1.807) is 12.1 Å². The average Bonchev–Trinajstić information content (AvgIpc) is 3.69. The minimum absolute atomic E-state index is 0.0658. The molecule has 1 saturated carbocycles. The molecule has 0 radical (unpaired) electrons. The Morgan fingerprint density at radius 2 is 1.79 bits per heavy atom. The third-order valence-electron chi connectivity index (χ3n) is 7.36. The first-order valence-corrected chi connectivity index (χ1v) is 13.1. The molecule has 6 rings (SSSR count). The van der Waals surface area contributed by atoms with Gasteiger partial charge in [0, 0.05) is 36.5 Å². The van der Waals surface area contributed by atoms with Crippen LogP contribution in [0.2, 0.25) is 0 Å². The van der Waals surface area contributed by atoms with E-state index in [2.05, 4.69) is 26.0 Å². The van der Waals surface area contributed by atoms with Crippen molar-refractivity contribution in [2.75, 3.05) is 30.3 Å². The van der Waals surface area contributed by atoms with Gasteiger partial charge in [-0.3, -0.25) is 4.98 Å². The minimum atomic E-state index is -4.46. The maximum absolute atomic E-state index is 13.4. The number of hydrogen-bond donors (Lipinski definition) is 3. The number of halogens is 3. The summed E-state index contributed by atoms with van der Waals surface area (Å²) >= 11 is 0. The van der Waals surface area contributed by atoms with E-state index < -0.39 is 11.7 Å². The largest absolute Gasteiger partial charge is 0.418 e. The zero-order valence-corrected chi connectivity index (χ0v) is 20.9. The predicted octanol–water partition coefficient (Wildman–Crippen LogP) is 5.71. The van der Waals surface area contributed by atoms with Crippen molar-refractivity contribution in [1.82, 2.24) is 24.9 Å². The number of rotatable bonds is 8. The van der Waals surface area contributed by atoms with Crippen LogP contribution in [0.15, 0.2) is 54.9 Å².